The predicted molar refractivity (Wildman–Crippen MR) is 134 cm³/mol. The zero-order valence-corrected chi connectivity index (χ0v) is 19.7. The van der Waals surface area contributed by atoms with Crippen molar-refractivity contribution in [1.29, 1.82) is 0 Å². The van der Waals surface area contributed by atoms with Gasteiger partial charge >= 0.3 is 0 Å². The Labute approximate surface area is 190 Å². The van der Waals surface area contributed by atoms with Crippen molar-refractivity contribution in [3.63, 3.8) is 0 Å². The second-order valence-corrected chi connectivity index (χ2v) is 11.2. The molecule has 0 spiro atoms. The van der Waals surface area contributed by atoms with Gasteiger partial charge < -0.3 is 0 Å². The second kappa shape index (κ2) is 6.50. The summed E-state index contributed by atoms with van der Waals surface area (Å²) in [4.78, 5) is 1.47. The Kier molecular flexibility index (Phi) is 4.02. The molecule has 0 fully saturated rings. The molecule has 31 heavy (non-hydrogen) atoms. The van der Waals surface area contributed by atoms with Crippen LogP contribution in [0.25, 0.3) is 11.1 Å². The van der Waals surface area contributed by atoms with Crippen molar-refractivity contribution in [3.8, 4) is 11.1 Å². The highest BCUT2D eigenvalue weighted by atomic mass is 32.2. The van der Waals surface area contributed by atoms with E-state index >= 15 is 0 Å². The minimum Gasteiger partial charge on any atom is -0.118 e. The van der Waals surface area contributed by atoms with Gasteiger partial charge in [-0.05, 0) is 87.4 Å². The summed E-state index contributed by atoms with van der Waals surface area (Å²) in [5.74, 6) is 0.363. The SMILES string of the molecule is CC1=C(C(C)(C)C2c3ccccc3-c3ccccc32)C2=CC3SC(C)=C(C)C3=CC2=C1. The zero-order valence-electron chi connectivity index (χ0n) is 18.9. The molecule has 0 saturated heterocycles. The Hall–Kier alpha value is -2.51. The molecule has 2 aromatic carbocycles. The number of allylic oxidation sites excluding steroid dienone is 8. The van der Waals surface area contributed by atoms with Crippen molar-refractivity contribution >= 4 is 11.8 Å². The smallest absolute Gasteiger partial charge is 0.0533 e. The highest BCUT2D eigenvalue weighted by molar-refractivity contribution is 8.04. The van der Waals surface area contributed by atoms with E-state index in [4.69, 9.17) is 0 Å². The van der Waals surface area contributed by atoms with Crippen LogP contribution in [-0.2, 0) is 0 Å². The summed E-state index contributed by atoms with van der Waals surface area (Å²) in [7, 11) is 0. The molecule has 1 aliphatic heterocycles. The van der Waals surface area contributed by atoms with Crippen LogP contribution in [0.15, 0.2) is 105 Å². The van der Waals surface area contributed by atoms with Crippen molar-refractivity contribution in [2.24, 2.45) is 5.41 Å². The average molecular weight is 421 g/mol. The normalized spacial score (nSPS) is 22.1. The largest absolute Gasteiger partial charge is 0.118 e. The average Bonchev–Trinajstić information content (AvgIpc) is 3.35. The van der Waals surface area contributed by atoms with E-state index in [0.717, 1.165) is 0 Å². The lowest BCUT2D eigenvalue weighted by atomic mass is 9.66. The quantitative estimate of drug-likeness (QED) is 0.470. The Morgan fingerprint density at radius 2 is 1.42 bits per heavy atom. The third-order valence-corrected chi connectivity index (χ3v) is 9.05. The Bertz CT molecular complexity index is 1260. The van der Waals surface area contributed by atoms with Crippen molar-refractivity contribution in [3.05, 3.63) is 116 Å². The van der Waals surface area contributed by atoms with Crippen LogP contribution < -0.4 is 0 Å². The molecule has 0 amide bonds. The van der Waals surface area contributed by atoms with Crippen LogP contribution >= 0.6 is 11.8 Å². The van der Waals surface area contributed by atoms with Gasteiger partial charge in [0.1, 0.15) is 0 Å². The predicted octanol–water partition coefficient (Wildman–Crippen LogP) is 8.36. The molecule has 0 N–H and O–H groups in total. The number of hydrogen-bond donors (Lipinski definition) is 0. The zero-order chi connectivity index (χ0) is 21.5. The highest BCUT2D eigenvalue weighted by Gasteiger charge is 2.45. The minimum atomic E-state index is -0.0109. The van der Waals surface area contributed by atoms with Gasteiger partial charge in [-0.3, -0.25) is 0 Å². The standard InChI is InChI=1S/C30H28S/c1-17-14-20-15-25-18(2)19(3)31-27(25)16-26(20)28(17)30(4,5)29-23-12-8-6-10-21(23)22-11-7-9-13-24(22)29/h6-16,27,29H,1-5H3. The van der Waals surface area contributed by atoms with Crippen LogP contribution in [0.4, 0.5) is 0 Å². The van der Waals surface area contributed by atoms with Crippen molar-refractivity contribution in [2.45, 2.75) is 45.8 Å². The molecule has 6 rings (SSSR count). The monoisotopic (exact) mass is 420 g/mol. The maximum Gasteiger partial charge on any atom is 0.0533 e. The Morgan fingerprint density at radius 1 is 0.806 bits per heavy atom. The summed E-state index contributed by atoms with van der Waals surface area (Å²) < 4.78 is 0. The molecule has 0 saturated carbocycles. The summed E-state index contributed by atoms with van der Waals surface area (Å²) in [5.41, 5.74) is 14.5. The van der Waals surface area contributed by atoms with Gasteiger partial charge in [-0.1, -0.05) is 74.5 Å². The first-order chi connectivity index (χ1) is 14.9. The molecule has 1 atom stereocenters. The van der Waals surface area contributed by atoms with E-state index in [1.165, 1.54) is 60.6 Å². The van der Waals surface area contributed by atoms with Crippen molar-refractivity contribution < 1.29 is 0 Å². The summed E-state index contributed by atoms with van der Waals surface area (Å²) in [5, 5.41) is 0.465. The molecule has 0 nitrogen and oxygen atoms in total. The fourth-order valence-electron chi connectivity index (χ4n) is 6.36. The van der Waals surface area contributed by atoms with Gasteiger partial charge in [-0.2, -0.15) is 0 Å². The molecular formula is C30H28S. The van der Waals surface area contributed by atoms with Crippen LogP contribution in [-0.4, -0.2) is 5.25 Å². The Balaban J connectivity index is 1.49. The number of rotatable bonds is 2. The summed E-state index contributed by atoms with van der Waals surface area (Å²) >= 11 is 2.01. The first-order valence-electron chi connectivity index (χ1n) is 11.3. The number of benzene rings is 2. The van der Waals surface area contributed by atoms with Gasteiger partial charge in [0.05, 0.1) is 5.25 Å². The van der Waals surface area contributed by atoms with Crippen LogP contribution in [0.2, 0.25) is 0 Å². The van der Waals surface area contributed by atoms with E-state index in [-0.39, 0.29) is 5.41 Å². The first kappa shape index (κ1) is 19.2. The van der Waals surface area contributed by atoms with Crippen LogP contribution in [0.5, 0.6) is 0 Å². The Morgan fingerprint density at radius 3 is 2.06 bits per heavy atom. The molecule has 0 radical (unpaired) electrons. The minimum absolute atomic E-state index is 0.0109. The van der Waals surface area contributed by atoms with Gasteiger partial charge in [-0.25, -0.2) is 0 Å². The lowest BCUT2D eigenvalue weighted by Gasteiger charge is -2.37. The van der Waals surface area contributed by atoms with E-state index in [1.807, 2.05) is 11.8 Å². The van der Waals surface area contributed by atoms with E-state index in [1.54, 1.807) is 0 Å². The van der Waals surface area contributed by atoms with Crippen LogP contribution in [0, 0.1) is 5.41 Å². The van der Waals surface area contributed by atoms with Gasteiger partial charge in [0.2, 0.25) is 0 Å². The summed E-state index contributed by atoms with van der Waals surface area (Å²) in [6, 6.07) is 18.0. The third kappa shape index (κ3) is 2.56. The van der Waals surface area contributed by atoms with E-state index in [0.29, 0.717) is 11.2 Å². The maximum absolute atomic E-state index is 2.55. The van der Waals surface area contributed by atoms with Crippen molar-refractivity contribution in [1.82, 2.24) is 0 Å². The first-order valence-corrected chi connectivity index (χ1v) is 12.2. The van der Waals surface area contributed by atoms with Crippen LogP contribution in [0.1, 0.15) is 51.7 Å². The molecule has 0 aromatic heterocycles. The second-order valence-electron chi connectivity index (χ2n) is 9.89. The molecule has 4 aliphatic rings. The van der Waals surface area contributed by atoms with Gasteiger partial charge in [0.25, 0.3) is 0 Å². The third-order valence-electron chi connectivity index (χ3n) is 7.75. The molecular weight excluding hydrogens is 392 g/mol. The van der Waals surface area contributed by atoms with Crippen molar-refractivity contribution in [2.75, 3.05) is 0 Å². The maximum atomic E-state index is 2.55. The number of hydrogen-bond acceptors (Lipinski definition) is 1. The highest BCUT2D eigenvalue weighted by Crippen LogP contribution is 2.59. The molecule has 1 heteroatoms. The lowest BCUT2D eigenvalue weighted by Crippen LogP contribution is -2.26. The fourth-order valence-corrected chi connectivity index (χ4v) is 7.62. The van der Waals surface area contributed by atoms with E-state index < -0.39 is 0 Å². The molecule has 0 bridgehead atoms. The molecule has 1 heterocycles. The van der Waals surface area contributed by atoms with E-state index in [9.17, 15) is 0 Å². The van der Waals surface area contributed by atoms with E-state index in [2.05, 4.69) is 101 Å². The summed E-state index contributed by atoms with van der Waals surface area (Å²) in [6.07, 6.45) is 7.43. The lowest BCUT2D eigenvalue weighted by molar-refractivity contribution is 0.398. The molecule has 1 unspecified atom stereocenters. The number of fused-ring (bicyclic) bond motifs is 5. The summed E-state index contributed by atoms with van der Waals surface area (Å²) in [6.45, 7) is 11.8. The van der Waals surface area contributed by atoms with Gasteiger partial charge in [0, 0.05) is 11.3 Å². The molecule has 154 valence electrons. The topological polar surface area (TPSA) is 0 Å². The molecule has 2 aromatic rings. The fraction of sp³-hybridized carbons (Fsp3) is 0.267. The van der Waals surface area contributed by atoms with Gasteiger partial charge in [-0.15, -0.1) is 11.8 Å². The van der Waals surface area contributed by atoms with Gasteiger partial charge in [0.15, 0.2) is 0 Å². The number of thioether (sulfide) groups is 1. The molecule has 3 aliphatic carbocycles. The van der Waals surface area contributed by atoms with Crippen LogP contribution in [0.3, 0.4) is 0 Å².